The smallest absolute Gasteiger partial charge is 0.0406 e. The zero-order valence-electron chi connectivity index (χ0n) is 7.25. The quantitative estimate of drug-likeness (QED) is 0.653. The Bertz CT molecular complexity index is 400. The molecular weight excluding hydrogens is 200 g/mol. The highest BCUT2D eigenvalue weighted by molar-refractivity contribution is 7.15. The monoisotopic (exact) mass is 208 g/mol. The van der Waals surface area contributed by atoms with Gasteiger partial charge in [0.15, 0.2) is 0 Å². The molecule has 0 spiro atoms. The van der Waals surface area contributed by atoms with Crippen molar-refractivity contribution >= 4 is 22.9 Å². The van der Waals surface area contributed by atoms with Crippen LogP contribution in [0.5, 0.6) is 0 Å². The maximum Gasteiger partial charge on any atom is 0.0406 e. The first kappa shape index (κ1) is 8.79. The second kappa shape index (κ2) is 3.52. The van der Waals surface area contributed by atoms with Crippen LogP contribution in [0.25, 0.3) is 10.4 Å². The maximum absolute atomic E-state index is 5.81. The highest BCUT2D eigenvalue weighted by Gasteiger charge is 1.99. The first-order valence-electron chi connectivity index (χ1n) is 4.08. The van der Waals surface area contributed by atoms with Crippen LogP contribution in [-0.4, -0.2) is 0 Å². The molecule has 0 amide bonds. The van der Waals surface area contributed by atoms with Gasteiger partial charge < -0.3 is 0 Å². The molecule has 0 N–H and O–H groups in total. The molecule has 0 atom stereocenters. The summed E-state index contributed by atoms with van der Waals surface area (Å²) in [5.41, 5.74) is 1.24. The molecule has 1 heterocycles. The number of benzene rings is 1. The lowest BCUT2D eigenvalue weighted by atomic mass is 10.2. The van der Waals surface area contributed by atoms with E-state index < -0.39 is 0 Å². The van der Waals surface area contributed by atoms with Crippen LogP contribution in [0, 0.1) is 6.92 Å². The van der Waals surface area contributed by atoms with Crippen LogP contribution >= 0.6 is 22.9 Å². The van der Waals surface area contributed by atoms with Crippen molar-refractivity contribution in [1.29, 1.82) is 0 Å². The second-order valence-electron chi connectivity index (χ2n) is 2.92. The van der Waals surface area contributed by atoms with E-state index in [0.29, 0.717) is 0 Å². The third-order valence-electron chi connectivity index (χ3n) is 1.87. The average molecular weight is 209 g/mol. The molecule has 1 aromatic heterocycles. The molecule has 0 fully saturated rings. The van der Waals surface area contributed by atoms with Crippen molar-refractivity contribution in [3.8, 4) is 10.4 Å². The lowest BCUT2D eigenvalue weighted by Crippen LogP contribution is -1.69. The minimum absolute atomic E-state index is 0.789. The molecule has 2 heteroatoms. The second-order valence-corrected chi connectivity index (χ2v) is 4.64. The molecule has 0 nitrogen and oxygen atoms in total. The molecule has 0 radical (unpaired) electrons. The van der Waals surface area contributed by atoms with E-state index >= 15 is 0 Å². The first-order chi connectivity index (χ1) is 6.25. The lowest BCUT2D eigenvalue weighted by molar-refractivity contribution is 1.64. The normalized spacial score (nSPS) is 10.3. The summed E-state index contributed by atoms with van der Waals surface area (Å²) in [6.45, 7) is 2.12. The molecule has 0 saturated carbocycles. The highest BCUT2D eigenvalue weighted by atomic mass is 35.5. The Hall–Kier alpha value is -0.790. The van der Waals surface area contributed by atoms with Crippen molar-refractivity contribution < 1.29 is 0 Å². The summed E-state index contributed by atoms with van der Waals surface area (Å²) in [6.07, 6.45) is 0. The predicted molar refractivity (Wildman–Crippen MR) is 59.5 cm³/mol. The Morgan fingerprint density at radius 1 is 1.00 bits per heavy atom. The number of hydrogen-bond acceptors (Lipinski definition) is 1. The SMILES string of the molecule is Cc1ccc(-c2ccc(Cl)cc2)s1. The van der Waals surface area contributed by atoms with E-state index in [2.05, 4.69) is 19.1 Å². The Morgan fingerprint density at radius 2 is 1.69 bits per heavy atom. The van der Waals surface area contributed by atoms with E-state index in [-0.39, 0.29) is 0 Å². The number of halogens is 1. The molecule has 2 rings (SSSR count). The van der Waals surface area contributed by atoms with Crippen molar-refractivity contribution in [3.05, 3.63) is 46.3 Å². The van der Waals surface area contributed by atoms with Gasteiger partial charge in [0.05, 0.1) is 0 Å². The topological polar surface area (TPSA) is 0 Å². The van der Waals surface area contributed by atoms with Crippen molar-refractivity contribution in [2.45, 2.75) is 6.92 Å². The molecule has 0 bridgehead atoms. The predicted octanol–water partition coefficient (Wildman–Crippen LogP) is 4.38. The van der Waals surface area contributed by atoms with E-state index in [0.717, 1.165) is 5.02 Å². The fourth-order valence-electron chi connectivity index (χ4n) is 1.20. The van der Waals surface area contributed by atoms with Crippen LogP contribution in [0.4, 0.5) is 0 Å². The minimum atomic E-state index is 0.789. The van der Waals surface area contributed by atoms with Crippen LogP contribution in [-0.2, 0) is 0 Å². The fraction of sp³-hybridized carbons (Fsp3) is 0.0909. The molecule has 13 heavy (non-hydrogen) atoms. The van der Waals surface area contributed by atoms with Crippen molar-refractivity contribution in [3.63, 3.8) is 0 Å². The summed E-state index contributed by atoms with van der Waals surface area (Å²) >= 11 is 7.61. The zero-order valence-corrected chi connectivity index (χ0v) is 8.82. The molecule has 66 valence electrons. The van der Waals surface area contributed by atoms with E-state index in [1.165, 1.54) is 15.3 Å². The molecule has 0 unspecified atom stereocenters. The van der Waals surface area contributed by atoms with Gasteiger partial charge in [-0.05, 0) is 36.8 Å². The van der Waals surface area contributed by atoms with Gasteiger partial charge in [-0.2, -0.15) is 0 Å². The molecule has 1 aromatic carbocycles. The largest absolute Gasteiger partial charge is 0.141 e. The Balaban J connectivity index is 2.41. The Kier molecular flexibility index (Phi) is 2.38. The standard InChI is InChI=1S/C11H9ClS/c1-8-2-7-11(13-8)9-3-5-10(12)6-4-9/h2-7H,1H3. The first-order valence-corrected chi connectivity index (χ1v) is 5.27. The summed E-state index contributed by atoms with van der Waals surface area (Å²) in [7, 11) is 0. The summed E-state index contributed by atoms with van der Waals surface area (Å²) in [6, 6.07) is 12.2. The Morgan fingerprint density at radius 3 is 2.23 bits per heavy atom. The third kappa shape index (κ3) is 1.93. The van der Waals surface area contributed by atoms with Gasteiger partial charge in [0, 0.05) is 14.8 Å². The van der Waals surface area contributed by atoms with Gasteiger partial charge in [0.1, 0.15) is 0 Å². The third-order valence-corrected chi connectivity index (χ3v) is 3.17. The van der Waals surface area contributed by atoms with Crippen LogP contribution < -0.4 is 0 Å². The van der Waals surface area contributed by atoms with Crippen LogP contribution in [0.15, 0.2) is 36.4 Å². The van der Waals surface area contributed by atoms with Crippen LogP contribution in [0.2, 0.25) is 5.02 Å². The van der Waals surface area contributed by atoms with Gasteiger partial charge in [-0.15, -0.1) is 11.3 Å². The molecule has 0 aliphatic heterocycles. The summed E-state index contributed by atoms with van der Waals surface area (Å²) in [5.74, 6) is 0. The van der Waals surface area contributed by atoms with Crippen LogP contribution in [0.3, 0.4) is 0 Å². The van der Waals surface area contributed by atoms with Crippen molar-refractivity contribution in [2.75, 3.05) is 0 Å². The van der Waals surface area contributed by atoms with Gasteiger partial charge in [0.25, 0.3) is 0 Å². The highest BCUT2D eigenvalue weighted by Crippen LogP contribution is 2.28. The number of rotatable bonds is 1. The van der Waals surface area contributed by atoms with E-state index in [1.54, 1.807) is 11.3 Å². The van der Waals surface area contributed by atoms with Gasteiger partial charge in [-0.25, -0.2) is 0 Å². The minimum Gasteiger partial charge on any atom is -0.141 e. The number of aryl methyl sites for hydroxylation is 1. The van der Waals surface area contributed by atoms with E-state index in [9.17, 15) is 0 Å². The van der Waals surface area contributed by atoms with Gasteiger partial charge in [-0.3, -0.25) is 0 Å². The zero-order chi connectivity index (χ0) is 9.26. The molecule has 0 aliphatic carbocycles. The van der Waals surface area contributed by atoms with Crippen LogP contribution in [0.1, 0.15) is 4.88 Å². The molecular formula is C11H9ClS. The summed E-state index contributed by atoms with van der Waals surface area (Å²) in [5, 5.41) is 0.789. The fourth-order valence-corrected chi connectivity index (χ4v) is 2.20. The van der Waals surface area contributed by atoms with Gasteiger partial charge in [-0.1, -0.05) is 23.7 Å². The molecule has 0 saturated heterocycles. The van der Waals surface area contributed by atoms with Crippen molar-refractivity contribution in [2.24, 2.45) is 0 Å². The van der Waals surface area contributed by atoms with Gasteiger partial charge in [0.2, 0.25) is 0 Å². The number of hydrogen-bond donors (Lipinski definition) is 0. The van der Waals surface area contributed by atoms with E-state index in [4.69, 9.17) is 11.6 Å². The summed E-state index contributed by atoms with van der Waals surface area (Å²) in [4.78, 5) is 2.64. The lowest BCUT2D eigenvalue weighted by Gasteiger charge is -1.96. The van der Waals surface area contributed by atoms with Gasteiger partial charge >= 0.3 is 0 Å². The summed E-state index contributed by atoms with van der Waals surface area (Å²) < 4.78 is 0. The maximum atomic E-state index is 5.81. The Labute approximate surface area is 86.8 Å². The molecule has 2 aromatic rings. The van der Waals surface area contributed by atoms with E-state index in [1.807, 2.05) is 24.3 Å². The molecule has 0 aliphatic rings. The van der Waals surface area contributed by atoms with Crippen molar-refractivity contribution in [1.82, 2.24) is 0 Å². The average Bonchev–Trinajstić information content (AvgIpc) is 2.53. The number of thiophene rings is 1.